The van der Waals surface area contributed by atoms with E-state index in [0.29, 0.717) is 22.6 Å². The van der Waals surface area contributed by atoms with Crippen LogP contribution in [-0.2, 0) is 16.1 Å². The molecule has 1 saturated heterocycles. The number of ketones is 1. The summed E-state index contributed by atoms with van der Waals surface area (Å²) in [6.07, 6.45) is 1.64. The lowest BCUT2D eigenvalue weighted by atomic mass is 9.93. The summed E-state index contributed by atoms with van der Waals surface area (Å²) in [6.45, 7) is 3.92. The summed E-state index contributed by atoms with van der Waals surface area (Å²) in [5.41, 5.74) is 3.73. The fourth-order valence-electron chi connectivity index (χ4n) is 3.98. The van der Waals surface area contributed by atoms with Gasteiger partial charge in [-0.05, 0) is 55.3 Å². The number of nitrogens with zero attached hydrogens (tertiary/aromatic N) is 2. The van der Waals surface area contributed by atoms with E-state index >= 15 is 0 Å². The summed E-state index contributed by atoms with van der Waals surface area (Å²) in [6, 6.07) is 17.5. The average Bonchev–Trinajstić information content (AvgIpc) is 3.06. The molecule has 162 valence electrons. The summed E-state index contributed by atoms with van der Waals surface area (Å²) >= 11 is 0. The van der Waals surface area contributed by atoms with E-state index in [2.05, 4.69) is 4.98 Å². The quantitative estimate of drug-likeness (QED) is 0.372. The number of pyridine rings is 1. The van der Waals surface area contributed by atoms with Crippen LogP contribution in [0.2, 0.25) is 0 Å². The standard InChI is InChI=1S/C26H24N2O4/c1-16-7-8-17(2)21(14-16)24(29)22-23(18-9-11-20(32-3)12-10-18)28(26(31)25(22)30)15-19-6-4-5-13-27-19/h4-14,23,29H,15H2,1-3H3/b24-22+. The van der Waals surface area contributed by atoms with Gasteiger partial charge in [0, 0.05) is 11.8 Å². The first-order valence-electron chi connectivity index (χ1n) is 10.3. The van der Waals surface area contributed by atoms with Gasteiger partial charge in [-0.1, -0.05) is 35.9 Å². The number of hydrogen-bond acceptors (Lipinski definition) is 5. The van der Waals surface area contributed by atoms with Crippen molar-refractivity contribution in [3.63, 3.8) is 0 Å². The maximum atomic E-state index is 13.2. The van der Waals surface area contributed by atoms with Gasteiger partial charge in [-0.2, -0.15) is 0 Å². The lowest BCUT2D eigenvalue weighted by Crippen LogP contribution is -2.29. The summed E-state index contributed by atoms with van der Waals surface area (Å²) < 4.78 is 5.25. The van der Waals surface area contributed by atoms with Crippen molar-refractivity contribution in [2.75, 3.05) is 7.11 Å². The topological polar surface area (TPSA) is 79.7 Å². The first-order chi connectivity index (χ1) is 15.4. The van der Waals surface area contributed by atoms with Gasteiger partial charge in [0.2, 0.25) is 0 Å². The molecule has 1 N–H and O–H groups in total. The molecule has 3 aromatic rings. The van der Waals surface area contributed by atoms with Gasteiger partial charge in [0.1, 0.15) is 11.5 Å². The van der Waals surface area contributed by atoms with Crippen molar-refractivity contribution in [3.05, 3.63) is 100 Å². The number of hydrogen-bond donors (Lipinski definition) is 1. The number of Topliss-reactive ketones (excluding diaryl/α,β-unsaturated/α-hetero) is 1. The van der Waals surface area contributed by atoms with Crippen LogP contribution in [-0.4, -0.2) is 33.8 Å². The zero-order chi connectivity index (χ0) is 22.8. The van der Waals surface area contributed by atoms with Crippen molar-refractivity contribution in [1.29, 1.82) is 0 Å². The van der Waals surface area contributed by atoms with Crippen LogP contribution in [0.15, 0.2) is 72.4 Å². The number of aliphatic hydroxyl groups excluding tert-OH is 1. The summed E-state index contributed by atoms with van der Waals surface area (Å²) in [5.74, 6) is -0.887. The predicted octanol–water partition coefficient (Wildman–Crippen LogP) is 4.33. The highest BCUT2D eigenvalue weighted by molar-refractivity contribution is 6.46. The Morgan fingerprint density at radius 1 is 1.06 bits per heavy atom. The molecule has 1 amide bonds. The van der Waals surface area contributed by atoms with Crippen LogP contribution in [0.3, 0.4) is 0 Å². The highest BCUT2D eigenvalue weighted by atomic mass is 16.5. The number of aromatic nitrogens is 1. The third-order valence-electron chi connectivity index (χ3n) is 5.68. The lowest BCUT2D eigenvalue weighted by molar-refractivity contribution is -0.140. The first-order valence-corrected chi connectivity index (χ1v) is 10.3. The normalized spacial score (nSPS) is 17.6. The summed E-state index contributed by atoms with van der Waals surface area (Å²) in [7, 11) is 1.57. The third kappa shape index (κ3) is 3.87. The molecule has 0 aliphatic carbocycles. The van der Waals surface area contributed by atoms with E-state index in [1.807, 2.05) is 38.1 Å². The fraction of sp³-hybridized carbons (Fsp3) is 0.192. The van der Waals surface area contributed by atoms with Crippen LogP contribution in [0.5, 0.6) is 5.75 Å². The zero-order valence-electron chi connectivity index (χ0n) is 18.2. The molecule has 6 nitrogen and oxygen atoms in total. The average molecular weight is 428 g/mol. The van der Waals surface area contributed by atoms with E-state index in [0.717, 1.165) is 11.1 Å². The molecule has 0 spiro atoms. The van der Waals surface area contributed by atoms with Crippen LogP contribution in [0, 0.1) is 13.8 Å². The summed E-state index contributed by atoms with van der Waals surface area (Å²) in [5, 5.41) is 11.3. The molecule has 4 rings (SSSR count). The Labute approximate surface area is 186 Å². The van der Waals surface area contributed by atoms with Gasteiger partial charge in [0.05, 0.1) is 31.0 Å². The number of aliphatic hydroxyl groups is 1. The lowest BCUT2D eigenvalue weighted by Gasteiger charge is -2.25. The highest BCUT2D eigenvalue weighted by Crippen LogP contribution is 2.41. The van der Waals surface area contributed by atoms with Crippen LogP contribution < -0.4 is 4.74 Å². The number of rotatable bonds is 5. The molecule has 1 aromatic heterocycles. The van der Waals surface area contributed by atoms with Gasteiger partial charge in [-0.15, -0.1) is 0 Å². The van der Waals surface area contributed by atoms with E-state index in [9.17, 15) is 14.7 Å². The smallest absolute Gasteiger partial charge is 0.296 e. The molecule has 1 unspecified atom stereocenters. The van der Waals surface area contributed by atoms with Crippen LogP contribution in [0.1, 0.15) is 34.0 Å². The molecule has 6 heteroatoms. The molecule has 0 bridgehead atoms. The summed E-state index contributed by atoms with van der Waals surface area (Å²) in [4.78, 5) is 32.0. The van der Waals surface area contributed by atoms with Crippen molar-refractivity contribution in [3.8, 4) is 5.75 Å². The molecule has 1 aliphatic rings. The van der Waals surface area contributed by atoms with E-state index in [4.69, 9.17) is 4.74 Å². The Morgan fingerprint density at radius 3 is 2.47 bits per heavy atom. The van der Waals surface area contributed by atoms with Gasteiger partial charge >= 0.3 is 0 Å². The van der Waals surface area contributed by atoms with Gasteiger partial charge in [-0.25, -0.2) is 0 Å². The second kappa shape index (κ2) is 8.67. The number of carbonyl (C=O) groups is 2. The number of amides is 1. The Balaban J connectivity index is 1.89. The molecule has 0 radical (unpaired) electrons. The maximum Gasteiger partial charge on any atom is 0.296 e. The Kier molecular flexibility index (Phi) is 5.77. The molecule has 2 heterocycles. The van der Waals surface area contributed by atoms with E-state index in [1.165, 1.54) is 4.90 Å². The number of benzene rings is 2. The SMILES string of the molecule is COc1ccc(C2/C(=C(\O)c3cc(C)ccc3C)C(=O)C(=O)N2Cc2ccccn2)cc1. The van der Waals surface area contributed by atoms with Crippen molar-refractivity contribution >= 4 is 17.4 Å². The number of aryl methyl sites for hydroxylation is 2. The van der Waals surface area contributed by atoms with Crippen molar-refractivity contribution in [2.45, 2.75) is 26.4 Å². The number of carbonyl (C=O) groups excluding carboxylic acids is 2. The third-order valence-corrected chi connectivity index (χ3v) is 5.68. The van der Waals surface area contributed by atoms with Gasteiger partial charge in [0.15, 0.2) is 0 Å². The number of ether oxygens (including phenoxy) is 1. The Morgan fingerprint density at radius 2 is 1.81 bits per heavy atom. The molecular weight excluding hydrogens is 404 g/mol. The molecule has 0 saturated carbocycles. The maximum absolute atomic E-state index is 13.2. The molecule has 1 aliphatic heterocycles. The second-order valence-electron chi connectivity index (χ2n) is 7.84. The van der Waals surface area contributed by atoms with E-state index in [1.54, 1.807) is 49.7 Å². The van der Waals surface area contributed by atoms with Crippen LogP contribution >= 0.6 is 0 Å². The van der Waals surface area contributed by atoms with Crippen molar-refractivity contribution in [2.24, 2.45) is 0 Å². The zero-order valence-corrected chi connectivity index (χ0v) is 18.2. The Hall–Kier alpha value is -3.93. The number of likely N-dealkylation sites (tertiary alicyclic amines) is 1. The first kappa shape index (κ1) is 21.3. The van der Waals surface area contributed by atoms with Crippen molar-refractivity contribution < 1.29 is 19.4 Å². The minimum Gasteiger partial charge on any atom is -0.507 e. The second-order valence-corrected chi connectivity index (χ2v) is 7.84. The minimum absolute atomic E-state index is 0.0739. The monoisotopic (exact) mass is 428 g/mol. The Bertz CT molecular complexity index is 1200. The molecule has 2 aromatic carbocycles. The molecule has 1 atom stereocenters. The van der Waals surface area contributed by atoms with Crippen molar-refractivity contribution in [1.82, 2.24) is 9.88 Å². The highest BCUT2D eigenvalue weighted by Gasteiger charge is 2.46. The van der Waals surface area contributed by atoms with E-state index < -0.39 is 17.7 Å². The van der Waals surface area contributed by atoms with Crippen LogP contribution in [0.4, 0.5) is 0 Å². The number of methoxy groups -OCH3 is 1. The van der Waals surface area contributed by atoms with E-state index in [-0.39, 0.29) is 17.9 Å². The largest absolute Gasteiger partial charge is 0.507 e. The predicted molar refractivity (Wildman–Crippen MR) is 121 cm³/mol. The van der Waals surface area contributed by atoms with Crippen LogP contribution in [0.25, 0.3) is 5.76 Å². The minimum atomic E-state index is -0.747. The molecule has 32 heavy (non-hydrogen) atoms. The molecule has 1 fully saturated rings. The molecular formula is C26H24N2O4. The van der Waals surface area contributed by atoms with Gasteiger partial charge < -0.3 is 14.7 Å². The fourth-order valence-corrected chi connectivity index (χ4v) is 3.98. The van der Waals surface area contributed by atoms with Gasteiger partial charge in [0.25, 0.3) is 11.7 Å². The van der Waals surface area contributed by atoms with Gasteiger partial charge in [-0.3, -0.25) is 14.6 Å².